The number of aromatic hydroxyl groups is 2. The number of phenols is 2. The zero-order chi connectivity index (χ0) is 18.4. The van der Waals surface area contributed by atoms with E-state index in [0.29, 0.717) is 29.2 Å². The van der Waals surface area contributed by atoms with E-state index in [1.165, 1.54) is 7.11 Å². The highest BCUT2D eigenvalue weighted by atomic mass is 16.5. The first kappa shape index (κ1) is 18.6. The Hall–Kier alpha value is -2.76. The predicted octanol–water partition coefficient (Wildman–Crippen LogP) is 3.31. The van der Waals surface area contributed by atoms with Crippen molar-refractivity contribution in [3.63, 3.8) is 0 Å². The Morgan fingerprint density at radius 1 is 0.640 bits per heavy atom. The zero-order valence-corrected chi connectivity index (χ0v) is 15.0. The Kier molecular flexibility index (Phi) is 6.22. The summed E-state index contributed by atoms with van der Waals surface area (Å²) in [6.45, 7) is 0. The third-order valence-electron chi connectivity index (χ3n) is 4.10. The van der Waals surface area contributed by atoms with Gasteiger partial charge >= 0.3 is 0 Å². The van der Waals surface area contributed by atoms with Crippen LogP contribution in [0.2, 0.25) is 0 Å². The number of rotatable bonds is 8. The lowest BCUT2D eigenvalue weighted by atomic mass is 10.0. The van der Waals surface area contributed by atoms with Crippen molar-refractivity contribution in [2.75, 3.05) is 28.4 Å². The van der Waals surface area contributed by atoms with E-state index in [0.717, 1.165) is 18.4 Å². The van der Waals surface area contributed by atoms with Gasteiger partial charge in [0.15, 0.2) is 23.0 Å². The molecule has 2 rings (SSSR count). The number of phenolic OH excluding ortho intramolecular Hbond substituents is 2. The van der Waals surface area contributed by atoms with Crippen LogP contribution < -0.4 is 18.9 Å². The molecular weight excluding hydrogens is 324 g/mol. The van der Waals surface area contributed by atoms with Gasteiger partial charge in [0.1, 0.15) is 0 Å². The van der Waals surface area contributed by atoms with Crippen molar-refractivity contribution >= 4 is 0 Å². The van der Waals surface area contributed by atoms with E-state index in [-0.39, 0.29) is 17.2 Å². The number of aryl methyl sites for hydroxylation is 2. The van der Waals surface area contributed by atoms with Crippen molar-refractivity contribution in [1.82, 2.24) is 0 Å². The summed E-state index contributed by atoms with van der Waals surface area (Å²) in [6, 6.07) is 7.17. The quantitative estimate of drug-likeness (QED) is 0.713. The highest BCUT2D eigenvalue weighted by molar-refractivity contribution is 5.56. The number of benzene rings is 2. The summed E-state index contributed by atoms with van der Waals surface area (Å²) in [4.78, 5) is 0. The Morgan fingerprint density at radius 3 is 1.80 bits per heavy atom. The second kappa shape index (κ2) is 8.37. The normalized spacial score (nSPS) is 10.4. The Bertz CT molecular complexity index is 726. The molecule has 0 unspecified atom stereocenters. The van der Waals surface area contributed by atoms with Crippen LogP contribution in [0, 0.1) is 0 Å². The second-order valence-electron chi connectivity index (χ2n) is 5.47. The van der Waals surface area contributed by atoms with Gasteiger partial charge in [0.2, 0.25) is 11.5 Å². The van der Waals surface area contributed by atoms with Crippen molar-refractivity contribution in [2.24, 2.45) is 0 Å². The van der Waals surface area contributed by atoms with E-state index in [9.17, 15) is 10.2 Å². The Labute approximate surface area is 147 Å². The number of hydrogen-bond donors (Lipinski definition) is 2. The van der Waals surface area contributed by atoms with Crippen LogP contribution in [0.3, 0.4) is 0 Å². The van der Waals surface area contributed by atoms with Crippen LogP contribution in [-0.2, 0) is 12.8 Å². The first-order valence-electron chi connectivity index (χ1n) is 7.93. The lowest BCUT2D eigenvalue weighted by Crippen LogP contribution is -2.00. The molecule has 25 heavy (non-hydrogen) atoms. The average molecular weight is 348 g/mol. The van der Waals surface area contributed by atoms with E-state index < -0.39 is 0 Å². The van der Waals surface area contributed by atoms with Crippen LogP contribution in [0.25, 0.3) is 0 Å². The molecule has 136 valence electrons. The van der Waals surface area contributed by atoms with Crippen LogP contribution in [0.15, 0.2) is 24.3 Å². The molecule has 0 heterocycles. The molecule has 0 spiro atoms. The minimum Gasteiger partial charge on any atom is -0.504 e. The van der Waals surface area contributed by atoms with Crippen molar-refractivity contribution < 1.29 is 29.2 Å². The average Bonchev–Trinajstić information content (AvgIpc) is 2.64. The van der Waals surface area contributed by atoms with E-state index >= 15 is 0 Å². The van der Waals surface area contributed by atoms with Gasteiger partial charge in [0.05, 0.1) is 28.4 Å². The van der Waals surface area contributed by atoms with E-state index in [1.807, 2.05) is 12.1 Å². The van der Waals surface area contributed by atoms with E-state index in [2.05, 4.69) is 0 Å². The molecule has 6 nitrogen and oxygen atoms in total. The molecule has 0 atom stereocenters. The van der Waals surface area contributed by atoms with Gasteiger partial charge in [-0.1, -0.05) is 12.1 Å². The summed E-state index contributed by atoms with van der Waals surface area (Å²) < 4.78 is 21.1. The number of methoxy groups -OCH3 is 4. The summed E-state index contributed by atoms with van der Waals surface area (Å²) in [6.07, 6.45) is 2.07. The largest absolute Gasteiger partial charge is 0.504 e. The Balaban J connectivity index is 2.14. The molecule has 6 heteroatoms. The molecule has 0 radical (unpaired) electrons. The van der Waals surface area contributed by atoms with Gasteiger partial charge < -0.3 is 29.2 Å². The molecule has 0 fully saturated rings. The molecule has 2 aromatic rings. The maximum atomic E-state index is 10.1. The maximum absolute atomic E-state index is 10.1. The molecule has 0 amide bonds. The summed E-state index contributed by atoms with van der Waals surface area (Å²) in [5.41, 5.74) is 1.65. The summed E-state index contributed by atoms with van der Waals surface area (Å²) in [5, 5.41) is 19.9. The first-order chi connectivity index (χ1) is 12.1. The van der Waals surface area contributed by atoms with Gasteiger partial charge in [-0.2, -0.15) is 0 Å². The summed E-state index contributed by atoms with van der Waals surface area (Å²) >= 11 is 0. The third-order valence-corrected chi connectivity index (χ3v) is 4.10. The van der Waals surface area contributed by atoms with Gasteiger partial charge in [-0.15, -0.1) is 0 Å². The highest BCUT2D eigenvalue weighted by Crippen LogP contribution is 2.41. The lowest BCUT2D eigenvalue weighted by Gasteiger charge is -2.16. The molecule has 2 aromatic carbocycles. The van der Waals surface area contributed by atoms with Gasteiger partial charge in [0, 0.05) is 0 Å². The molecule has 0 aromatic heterocycles. The highest BCUT2D eigenvalue weighted by Gasteiger charge is 2.16. The third kappa shape index (κ3) is 3.84. The van der Waals surface area contributed by atoms with Crippen LogP contribution in [0.5, 0.6) is 34.5 Å². The minimum absolute atomic E-state index is 0.140. The molecular formula is C19H24O6. The van der Waals surface area contributed by atoms with E-state index in [1.54, 1.807) is 33.5 Å². The van der Waals surface area contributed by atoms with Crippen molar-refractivity contribution in [2.45, 2.75) is 19.3 Å². The smallest absolute Gasteiger partial charge is 0.203 e. The van der Waals surface area contributed by atoms with Gasteiger partial charge in [-0.05, 0) is 42.5 Å². The predicted molar refractivity (Wildman–Crippen MR) is 94.4 cm³/mol. The molecule has 0 bridgehead atoms. The molecule has 0 aliphatic carbocycles. The van der Waals surface area contributed by atoms with Crippen molar-refractivity contribution in [3.05, 3.63) is 35.4 Å². The van der Waals surface area contributed by atoms with Crippen LogP contribution >= 0.6 is 0 Å². The van der Waals surface area contributed by atoms with Gasteiger partial charge in [0.25, 0.3) is 0 Å². The molecule has 0 aliphatic heterocycles. The Morgan fingerprint density at radius 2 is 1.20 bits per heavy atom. The minimum atomic E-state index is -0.233. The first-order valence-corrected chi connectivity index (χ1v) is 7.93. The fourth-order valence-corrected chi connectivity index (χ4v) is 2.80. The fourth-order valence-electron chi connectivity index (χ4n) is 2.80. The van der Waals surface area contributed by atoms with Crippen LogP contribution in [0.4, 0.5) is 0 Å². The second-order valence-corrected chi connectivity index (χ2v) is 5.47. The van der Waals surface area contributed by atoms with Gasteiger partial charge in [-0.25, -0.2) is 0 Å². The maximum Gasteiger partial charge on any atom is 0.203 e. The lowest BCUT2D eigenvalue weighted by molar-refractivity contribution is 0.322. The topological polar surface area (TPSA) is 77.4 Å². The van der Waals surface area contributed by atoms with Gasteiger partial charge in [-0.3, -0.25) is 0 Å². The zero-order valence-electron chi connectivity index (χ0n) is 15.0. The number of ether oxygens (including phenoxy) is 4. The standard InChI is InChI=1S/C19H24O6/c1-22-14-10-8-12(16(20)17(14)21)6-5-7-13-9-11-15(23-2)19(25-4)18(13)24-3/h8-11,20-21H,5-7H2,1-4H3. The van der Waals surface area contributed by atoms with Crippen molar-refractivity contribution in [3.8, 4) is 34.5 Å². The summed E-state index contributed by atoms with van der Waals surface area (Å²) in [5.74, 6) is 1.70. The fraction of sp³-hybridized carbons (Fsp3) is 0.368. The summed E-state index contributed by atoms with van der Waals surface area (Å²) in [7, 11) is 6.18. The van der Waals surface area contributed by atoms with Crippen molar-refractivity contribution in [1.29, 1.82) is 0 Å². The van der Waals surface area contributed by atoms with Crippen LogP contribution in [0.1, 0.15) is 17.5 Å². The van der Waals surface area contributed by atoms with E-state index in [4.69, 9.17) is 18.9 Å². The SMILES string of the molecule is COc1ccc(CCCc2ccc(OC)c(OC)c2OC)c(O)c1O. The number of hydrogen-bond acceptors (Lipinski definition) is 6. The molecule has 2 N–H and O–H groups in total. The molecule has 0 saturated heterocycles. The molecule has 0 saturated carbocycles. The van der Waals surface area contributed by atoms with Crippen LogP contribution in [-0.4, -0.2) is 38.7 Å². The molecule has 0 aliphatic rings. The monoisotopic (exact) mass is 348 g/mol.